The summed E-state index contributed by atoms with van der Waals surface area (Å²) in [6.45, 7) is 3.17. The molecule has 0 heterocycles. The van der Waals surface area contributed by atoms with E-state index in [2.05, 4.69) is 0 Å². The maximum Gasteiger partial charge on any atom is 0.220 e. The first-order valence-electron chi connectivity index (χ1n) is 2.90. The van der Waals surface area contributed by atoms with E-state index in [1.165, 1.54) is 13.0 Å². The van der Waals surface area contributed by atoms with Crippen molar-refractivity contribution in [2.75, 3.05) is 0 Å². The summed E-state index contributed by atoms with van der Waals surface area (Å²) in [6, 6.07) is 0. The van der Waals surface area contributed by atoms with Crippen molar-refractivity contribution in [3.8, 4) is 0 Å². The second-order valence-electron chi connectivity index (χ2n) is 1.73. The highest BCUT2D eigenvalue weighted by atomic mass is 16.2. The molecular weight excluding hydrogens is 116 g/mol. The van der Waals surface area contributed by atoms with Crippen LogP contribution in [0.4, 0.5) is 0 Å². The monoisotopic (exact) mass is 126 g/mol. The van der Waals surface area contributed by atoms with Gasteiger partial charge in [-0.15, -0.1) is 0 Å². The van der Waals surface area contributed by atoms with Crippen molar-refractivity contribution < 1.29 is 9.59 Å². The van der Waals surface area contributed by atoms with Crippen molar-refractivity contribution in [2.24, 2.45) is 0 Å². The molecule has 2 nitrogen and oxygen atoms in total. The molecule has 2 heteroatoms. The third-order valence-electron chi connectivity index (χ3n) is 0.852. The molecular formula is C7H10O2. The van der Waals surface area contributed by atoms with Gasteiger partial charge in [-0.3, -0.25) is 9.59 Å². The topological polar surface area (TPSA) is 34.1 Å². The van der Waals surface area contributed by atoms with Crippen molar-refractivity contribution in [1.29, 1.82) is 0 Å². The fourth-order valence-electron chi connectivity index (χ4n) is 0.342. The van der Waals surface area contributed by atoms with Crippen LogP contribution in [0.5, 0.6) is 0 Å². The Kier molecular flexibility index (Phi) is 3.60. The molecule has 0 aliphatic heterocycles. The third kappa shape index (κ3) is 3.64. The SMILES string of the molecule is CCC=CC(=O)C(C)=O. The van der Waals surface area contributed by atoms with Gasteiger partial charge in [-0.25, -0.2) is 0 Å². The Bertz CT molecular complexity index is 145. The highest BCUT2D eigenvalue weighted by Gasteiger charge is 1.99. The summed E-state index contributed by atoms with van der Waals surface area (Å²) >= 11 is 0. The number of ketones is 2. The summed E-state index contributed by atoms with van der Waals surface area (Å²) in [7, 11) is 0. The van der Waals surface area contributed by atoms with Crippen LogP contribution in [-0.2, 0) is 9.59 Å². The molecule has 0 radical (unpaired) electrons. The summed E-state index contributed by atoms with van der Waals surface area (Å²) in [5.74, 6) is -0.823. The first kappa shape index (κ1) is 8.08. The van der Waals surface area contributed by atoms with Gasteiger partial charge in [-0.05, 0) is 12.5 Å². The highest BCUT2D eigenvalue weighted by molar-refractivity contribution is 6.40. The fraction of sp³-hybridized carbons (Fsp3) is 0.429. The normalized spacial score (nSPS) is 10.0. The molecule has 0 unspecified atom stereocenters. The molecule has 9 heavy (non-hydrogen) atoms. The van der Waals surface area contributed by atoms with Crippen LogP contribution in [0.15, 0.2) is 12.2 Å². The Labute approximate surface area is 54.6 Å². The Morgan fingerprint density at radius 1 is 1.44 bits per heavy atom. The van der Waals surface area contributed by atoms with Crippen molar-refractivity contribution >= 4 is 11.6 Å². The van der Waals surface area contributed by atoms with E-state index in [4.69, 9.17) is 0 Å². The summed E-state index contributed by atoms with van der Waals surface area (Å²) in [5.41, 5.74) is 0. The van der Waals surface area contributed by atoms with Gasteiger partial charge in [-0.2, -0.15) is 0 Å². The molecule has 0 aromatic heterocycles. The maximum absolute atomic E-state index is 10.5. The van der Waals surface area contributed by atoms with E-state index in [1.54, 1.807) is 6.08 Å². The smallest absolute Gasteiger partial charge is 0.220 e. The minimum atomic E-state index is -0.420. The molecule has 0 fully saturated rings. The minimum absolute atomic E-state index is 0.403. The van der Waals surface area contributed by atoms with Gasteiger partial charge in [0.25, 0.3) is 0 Å². The number of rotatable bonds is 3. The van der Waals surface area contributed by atoms with Crippen molar-refractivity contribution in [1.82, 2.24) is 0 Å². The van der Waals surface area contributed by atoms with Crippen LogP contribution in [0.2, 0.25) is 0 Å². The van der Waals surface area contributed by atoms with Gasteiger partial charge in [0, 0.05) is 6.92 Å². The predicted molar refractivity (Wildman–Crippen MR) is 35.1 cm³/mol. The molecule has 0 amide bonds. The van der Waals surface area contributed by atoms with Crippen molar-refractivity contribution in [3.05, 3.63) is 12.2 Å². The van der Waals surface area contributed by atoms with E-state index in [-0.39, 0.29) is 0 Å². The molecule has 0 aromatic carbocycles. The van der Waals surface area contributed by atoms with E-state index in [0.717, 1.165) is 6.42 Å². The zero-order valence-electron chi connectivity index (χ0n) is 5.68. The number of hydrogen-bond acceptors (Lipinski definition) is 2. The van der Waals surface area contributed by atoms with Crippen LogP contribution in [0.25, 0.3) is 0 Å². The second-order valence-corrected chi connectivity index (χ2v) is 1.73. The highest BCUT2D eigenvalue weighted by Crippen LogP contribution is 1.82. The number of carbonyl (C=O) groups is 2. The first-order chi connectivity index (χ1) is 4.18. The van der Waals surface area contributed by atoms with E-state index < -0.39 is 11.6 Å². The molecule has 0 spiro atoms. The van der Waals surface area contributed by atoms with Crippen LogP contribution in [-0.4, -0.2) is 11.6 Å². The molecule has 0 bridgehead atoms. The Morgan fingerprint density at radius 2 is 2.00 bits per heavy atom. The number of Topliss-reactive ketones (excluding diaryl/α,β-unsaturated/α-hetero) is 1. The average Bonchev–Trinajstić information content (AvgIpc) is 1.82. The summed E-state index contributed by atoms with van der Waals surface area (Å²) in [6.07, 6.45) is 3.77. The van der Waals surface area contributed by atoms with Gasteiger partial charge in [0.15, 0.2) is 5.78 Å². The third-order valence-corrected chi connectivity index (χ3v) is 0.852. The molecule has 0 atom stereocenters. The summed E-state index contributed by atoms with van der Waals surface area (Å²) < 4.78 is 0. The lowest BCUT2D eigenvalue weighted by molar-refractivity contribution is -0.132. The lowest BCUT2D eigenvalue weighted by atomic mass is 10.2. The van der Waals surface area contributed by atoms with Crippen LogP contribution >= 0.6 is 0 Å². The summed E-state index contributed by atoms with van der Waals surface area (Å²) in [4.78, 5) is 20.7. The second kappa shape index (κ2) is 4.01. The molecule has 0 aliphatic rings. The van der Waals surface area contributed by atoms with Crippen LogP contribution in [0.1, 0.15) is 20.3 Å². The van der Waals surface area contributed by atoms with Gasteiger partial charge in [0.2, 0.25) is 5.78 Å². The quantitative estimate of drug-likeness (QED) is 0.419. The van der Waals surface area contributed by atoms with Crippen LogP contribution < -0.4 is 0 Å². The largest absolute Gasteiger partial charge is 0.291 e. The lowest BCUT2D eigenvalue weighted by Gasteiger charge is -1.81. The zero-order valence-corrected chi connectivity index (χ0v) is 5.68. The summed E-state index contributed by atoms with van der Waals surface area (Å²) in [5, 5.41) is 0. The van der Waals surface area contributed by atoms with Gasteiger partial charge < -0.3 is 0 Å². The standard InChI is InChI=1S/C7H10O2/c1-3-4-5-7(9)6(2)8/h4-5H,3H2,1-2H3. The molecule has 0 N–H and O–H groups in total. The number of allylic oxidation sites excluding steroid dienone is 2. The Balaban J connectivity index is 3.77. The Hall–Kier alpha value is -0.920. The minimum Gasteiger partial charge on any atom is -0.291 e. The van der Waals surface area contributed by atoms with Gasteiger partial charge in [0.1, 0.15) is 0 Å². The number of hydrogen-bond donors (Lipinski definition) is 0. The first-order valence-corrected chi connectivity index (χ1v) is 2.90. The lowest BCUT2D eigenvalue weighted by Crippen LogP contribution is -2.04. The molecule has 0 aromatic rings. The van der Waals surface area contributed by atoms with E-state index in [1.807, 2.05) is 6.92 Å². The van der Waals surface area contributed by atoms with Crippen molar-refractivity contribution in [3.63, 3.8) is 0 Å². The van der Waals surface area contributed by atoms with E-state index >= 15 is 0 Å². The van der Waals surface area contributed by atoms with Crippen LogP contribution in [0.3, 0.4) is 0 Å². The predicted octanol–water partition coefficient (Wildman–Crippen LogP) is 1.11. The van der Waals surface area contributed by atoms with Crippen molar-refractivity contribution in [2.45, 2.75) is 20.3 Å². The molecule has 50 valence electrons. The zero-order chi connectivity index (χ0) is 7.28. The number of carbonyl (C=O) groups excluding carboxylic acids is 2. The van der Waals surface area contributed by atoms with Gasteiger partial charge in [0.05, 0.1) is 0 Å². The molecule has 0 aliphatic carbocycles. The average molecular weight is 126 g/mol. The molecule has 0 rings (SSSR count). The van der Waals surface area contributed by atoms with Gasteiger partial charge in [-0.1, -0.05) is 13.0 Å². The van der Waals surface area contributed by atoms with Crippen LogP contribution in [0, 0.1) is 0 Å². The van der Waals surface area contributed by atoms with Gasteiger partial charge >= 0.3 is 0 Å². The molecule has 0 saturated carbocycles. The fourth-order valence-corrected chi connectivity index (χ4v) is 0.342. The van der Waals surface area contributed by atoms with E-state index in [0.29, 0.717) is 0 Å². The molecule has 0 saturated heterocycles. The maximum atomic E-state index is 10.5. The Morgan fingerprint density at radius 3 is 2.33 bits per heavy atom. The van der Waals surface area contributed by atoms with E-state index in [9.17, 15) is 9.59 Å².